The van der Waals surface area contributed by atoms with Crippen molar-refractivity contribution in [2.45, 2.75) is 58.0 Å². The molecule has 8 heteroatoms. The lowest BCUT2D eigenvalue weighted by atomic mass is 9.59. The number of piperidine rings is 1. The Morgan fingerprint density at radius 1 is 0.933 bits per heavy atom. The highest BCUT2D eigenvalue weighted by atomic mass is 16.5. The number of phenolic OH excluding ortho intramolecular Hbond substituents is 1. The SMILES string of the molecule is CCOc1cccc([C@H]2C3=CC[C@@H]4C(=O)N(C5CCN(Cc6ccccc6)CC5)C(=O)[C@@H]4[C@@H]3CC3=C2C(=O)C(C)=CC3=O)c1O. The molecular formula is C37H38N2O6. The van der Waals surface area contributed by atoms with Crippen LogP contribution in [0.1, 0.15) is 56.6 Å². The van der Waals surface area contributed by atoms with Crippen LogP contribution in [0.3, 0.4) is 0 Å². The van der Waals surface area contributed by atoms with Gasteiger partial charge in [-0.2, -0.15) is 0 Å². The Balaban J connectivity index is 1.20. The first-order valence-electron chi connectivity index (χ1n) is 16.1. The van der Waals surface area contributed by atoms with Gasteiger partial charge in [0.05, 0.1) is 18.4 Å². The maximum absolute atomic E-state index is 14.3. The molecule has 0 saturated carbocycles. The maximum atomic E-state index is 14.3. The molecule has 1 N–H and O–H groups in total. The number of fused-ring (bicyclic) bond motifs is 3. The molecule has 45 heavy (non-hydrogen) atoms. The predicted molar refractivity (Wildman–Crippen MR) is 167 cm³/mol. The summed E-state index contributed by atoms with van der Waals surface area (Å²) in [7, 11) is 0. The van der Waals surface area contributed by atoms with E-state index in [2.05, 4.69) is 17.0 Å². The van der Waals surface area contributed by atoms with Crippen molar-refractivity contribution < 1.29 is 29.0 Å². The standard InChI is InChI=1S/C37H38N2O6/c1-3-45-30-11-7-10-25(35(30)42)31-24-12-13-26-32(27(24)19-28-29(40)18-21(2)34(41)33(28)31)37(44)39(36(26)43)23-14-16-38(17-15-23)20-22-8-5-4-6-9-22/h4-12,18,23,26-27,31-32,42H,3,13-17,19-20H2,1-2H3/t26-,27+,31+,32-/m0/s1. The smallest absolute Gasteiger partial charge is 0.233 e. The number of aromatic hydroxyl groups is 1. The summed E-state index contributed by atoms with van der Waals surface area (Å²) in [5, 5.41) is 11.4. The molecule has 2 heterocycles. The number of imide groups is 1. The molecule has 2 fully saturated rings. The number of benzene rings is 2. The van der Waals surface area contributed by atoms with Crippen LogP contribution in [0.15, 0.2) is 83.0 Å². The summed E-state index contributed by atoms with van der Waals surface area (Å²) < 4.78 is 5.67. The topological polar surface area (TPSA) is 104 Å². The number of nitrogens with zero attached hydrogens (tertiary/aromatic N) is 2. The number of likely N-dealkylation sites (tertiary alicyclic amines) is 2. The molecule has 0 bridgehead atoms. The normalized spacial score (nSPS) is 27.2. The monoisotopic (exact) mass is 606 g/mol. The number of carbonyl (C=O) groups excluding carboxylic acids is 4. The van der Waals surface area contributed by atoms with E-state index in [1.165, 1.54) is 16.5 Å². The van der Waals surface area contributed by atoms with Crippen molar-refractivity contribution in [1.29, 1.82) is 0 Å². The average Bonchev–Trinajstić information content (AvgIpc) is 3.30. The Morgan fingerprint density at radius 2 is 1.69 bits per heavy atom. The summed E-state index contributed by atoms with van der Waals surface area (Å²) >= 11 is 0. The van der Waals surface area contributed by atoms with Crippen molar-refractivity contribution in [3.63, 3.8) is 0 Å². The molecule has 5 aliphatic rings. The summed E-state index contributed by atoms with van der Waals surface area (Å²) in [4.78, 5) is 59.2. The van der Waals surface area contributed by atoms with Gasteiger partial charge in [0.1, 0.15) is 0 Å². The Hall–Kier alpha value is -4.30. The van der Waals surface area contributed by atoms with Crippen LogP contribution in [-0.4, -0.2) is 64.0 Å². The van der Waals surface area contributed by atoms with E-state index >= 15 is 0 Å². The van der Waals surface area contributed by atoms with Gasteiger partial charge in [-0.1, -0.05) is 54.1 Å². The molecule has 232 valence electrons. The molecule has 2 saturated heterocycles. The molecule has 0 spiro atoms. The first kappa shape index (κ1) is 29.4. The minimum Gasteiger partial charge on any atom is -0.504 e. The number of amides is 2. The van der Waals surface area contributed by atoms with Gasteiger partial charge in [-0.3, -0.25) is 29.0 Å². The number of Topliss-reactive ketones (excluding diaryl/α,β-unsaturated/α-hetero) is 1. The summed E-state index contributed by atoms with van der Waals surface area (Å²) in [6, 6.07) is 15.3. The average molecular weight is 607 g/mol. The fraction of sp³-hybridized carbons (Fsp3) is 0.405. The zero-order chi connectivity index (χ0) is 31.4. The number of para-hydroxylation sites is 1. The van der Waals surface area contributed by atoms with Crippen molar-refractivity contribution in [2.75, 3.05) is 19.7 Å². The van der Waals surface area contributed by atoms with E-state index < -0.39 is 23.7 Å². The third-order valence-corrected chi connectivity index (χ3v) is 10.4. The van der Waals surface area contributed by atoms with Gasteiger partial charge in [0.15, 0.2) is 23.1 Å². The fourth-order valence-corrected chi connectivity index (χ4v) is 8.32. The summed E-state index contributed by atoms with van der Waals surface area (Å²) in [5.41, 5.74) is 3.65. The number of ketones is 2. The first-order chi connectivity index (χ1) is 21.8. The minimum atomic E-state index is -0.710. The quantitative estimate of drug-likeness (QED) is 0.284. The minimum absolute atomic E-state index is 0.0787. The molecule has 2 aromatic rings. The van der Waals surface area contributed by atoms with Crippen LogP contribution in [0.5, 0.6) is 11.5 Å². The van der Waals surface area contributed by atoms with Crippen molar-refractivity contribution in [1.82, 2.24) is 9.80 Å². The van der Waals surface area contributed by atoms with Gasteiger partial charge in [0.2, 0.25) is 11.8 Å². The number of hydrogen-bond donors (Lipinski definition) is 1. The second kappa shape index (κ2) is 11.6. The number of phenols is 1. The van der Waals surface area contributed by atoms with Crippen molar-refractivity contribution in [3.05, 3.63) is 94.1 Å². The molecule has 8 nitrogen and oxygen atoms in total. The molecule has 3 aliphatic carbocycles. The molecule has 2 aromatic carbocycles. The maximum Gasteiger partial charge on any atom is 0.233 e. The van der Waals surface area contributed by atoms with Gasteiger partial charge >= 0.3 is 0 Å². The van der Waals surface area contributed by atoms with E-state index in [-0.39, 0.29) is 41.6 Å². The highest BCUT2D eigenvalue weighted by molar-refractivity contribution is 6.24. The van der Waals surface area contributed by atoms with E-state index in [4.69, 9.17) is 4.74 Å². The molecule has 2 amide bonds. The van der Waals surface area contributed by atoms with Gasteiger partial charge in [-0.05, 0) is 63.2 Å². The molecule has 2 aliphatic heterocycles. The lowest BCUT2D eigenvalue weighted by Crippen LogP contribution is -2.47. The molecule has 0 unspecified atom stereocenters. The van der Waals surface area contributed by atoms with Crippen molar-refractivity contribution in [2.24, 2.45) is 17.8 Å². The van der Waals surface area contributed by atoms with E-state index in [0.29, 0.717) is 41.1 Å². The number of allylic oxidation sites excluding steroid dienone is 6. The third kappa shape index (κ3) is 4.86. The largest absolute Gasteiger partial charge is 0.504 e. The zero-order valence-electron chi connectivity index (χ0n) is 25.7. The van der Waals surface area contributed by atoms with E-state index in [1.54, 1.807) is 25.1 Å². The summed E-state index contributed by atoms with van der Waals surface area (Å²) in [6.07, 6.45) is 5.42. The lowest BCUT2D eigenvalue weighted by molar-refractivity contribution is -0.144. The highest BCUT2D eigenvalue weighted by Crippen LogP contribution is 2.57. The van der Waals surface area contributed by atoms with Crippen molar-refractivity contribution in [3.8, 4) is 11.5 Å². The van der Waals surface area contributed by atoms with Crippen LogP contribution >= 0.6 is 0 Å². The number of ether oxygens (including phenoxy) is 1. The van der Waals surface area contributed by atoms with E-state index in [0.717, 1.165) is 38.0 Å². The van der Waals surface area contributed by atoms with Crippen LogP contribution in [0.4, 0.5) is 0 Å². The van der Waals surface area contributed by atoms with Gasteiger partial charge < -0.3 is 9.84 Å². The second-order valence-electron chi connectivity index (χ2n) is 12.9. The third-order valence-electron chi connectivity index (χ3n) is 10.4. The molecule has 4 atom stereocenters. The summed E-state index contributed by atoms with van der Waals surface area (Å²) in [5.74, 6) is -2.78. The number of rotatable bonds is 6. The van der Waals surface area contributed by atoms with Gasteiger partial charge in [0, 0.05) is 53.9 Å². The zero-order valence-corrected chi connectivity index (χ0v) is 25.7. The Morgan fingerprint density at radius 3 is 2.42 bits per heavy atom. The molecule has 0 aromatic heterocycles. The van der Waals surface area contributed by atoms with E-state index in [1.807, 2.05) is 31.2 Å². The Bertz CT molecular complexity index is 1680. The van der Waals surface area contributed by atoms with Crippen LogP contribution < -0.4 is 4.74 Å². The fourth-order valence-electron chi connectivity index (χ4n) is 8.32. The summed E-state index contributed by atoms with van der Waals surface area (Å²) in [6.45, 7) is 6.25. The van der Waals surface area contributed by atoms with Crippen LogP contribution in [0.25, 0.3) is 0 Å². The van der Waals surface area contributed by atoms with Crippen LogP contribution in [-0.2, 0) is 25.7 Å². The predicted octanol–water partition coefficient (Wildman–Crippen LogP) is 4.89. The van der Waals surface area contributed by atoms with Gasteiger partial charge in [-0.15, -0.1) is 0 Å². The van der Waals surface area contributed by atoms with Gasteiger partial charge in [0.25, 0.3) is 0 Å². The molecular weight excluding hydrogens is 568 g/mol. The number of hydrogen-bond acceptors (Lipinski definition) is 7. The van der Waals surface area contributed by atoms with Crippen molar-refractivity contribution >= 4 is 23.4 Å². The van der Waals surface area contributed by atoms with Crippen LogP contribution in [0, 0.1) is 17.8 Å². The lowest BCUT2D eigenvalue weighted by Gasteiger charge is -2.42. The molecule has 0 radical (unpaired) electrons. The van der Waals surface area contributed by atoms with E-state index in [9.17, 15) is 24.3 Å². The Labute approximate surface area is 263 Å². The number of carbonyl (C=O) groups is 4. The highest BCUT2D eigenvalue weighted by Gasteiger charge is 2.57. The second-order valence-corrected chi connectivity index (χ2v) is 12.9. The Kier molecular flexibility index (Phi) is 7.56. The first-order valence-corrected chi connectivity index (χ1v) is 16.1. The van der Waals surface area contributed by atoms with Crippen LogP contribution in [0.2, 0.25) is 0 Å². The van der Waals surface area contributed by atoms with Gasteiger partial charge in [-0.25, -0.2) is 0 Å². The molecule has 7 rings (SSSR count).